The van der Waals surface area contributed by atoms with E-state index >= 15 is 0 Å². The molecular weight excluding hydrogens is 236 g/mol. The number of piperidine rings is 1. The van der Waals surface area contributed by atoms with Gasteiger partial charge in [-0.05, 0) is 43.6 Å². The maximum Gasteiger partial charge on any atom is 0.0616 e. The summed E-state index contributed by atoms with van der Waals surface area (Å²) in [4.78, 5) is 2.69. The molecule has 0 radical (unpaired) electrons. The van der Waals surface area contributed by atoms with E-state index in [0.717, 1.165) is 37.8 Å². The summed E-state index contributed by atoms with van der Waals surface area (Å²) < 4.78 is 5.95. The number of ether oxygens (including phenoxy) is 1. The van der Waals surface area contributed by atoms with Crippen molar-refractivity contribution in [1.82, 2.24) is 4.90 Å². The van der Waals surface area contributed by atoms with Crippen LogP contribution in [0.2, 0.25) is 0 Å². The Morgan fingerprint density at radius 2 is 2.05 bits per heavy atom. The number of hydrogen-bond donors (Lipinski definition) is 1. The highest BCUT2D eigenvalue weighted by Gasteiger charge is 2.43. The molecule has 0 bridgehead atoms. The number of nitrogens with two attached hydrogens (primary N) is 1. The molecule has 0 spiro atoms. The molecule has 2 saturated heterocycles. The number of nitrogens with zero attached hydrogens (tertiary/aromatic N) is 1. The topological polar surface area (TPSA) is 38.5 Å². The minimum Gasteiger partial charge on any atom is -0.378 e. The minimum absolute atomic E-state index is 0.196. The third-order valence-electron chi connectivity index (χ3n) is 5.61. The van der Waals surface area contributed by atoms with Crippen LogP contribution in [0.15, 0.2) is 0 Å². The first kappa shape index (κ1) is 15.3. The Balaban J connectivity index is 2.09. The SMILES string of the molecule is CC(C)C1CC(CN)(N2CCC(C)C(C)C2)CCO1. The molecule has 0 aromatic heterocycles. The summed E-state index contributed by atoms with van der Waals surface area (Å²) in [6.07, 6.45) is 3.92. The molecular formula is C16H32N2O. The Kier molecular flexibility index (Phi) is 4.91. The molecule has 4 atom stereocenters. The predicted octanol–water partition coefficient (Wildman–Crippen LogP) is 2.50. The van der Waals surface area contributed by atoms with Crippen molar-refractivity contribution >= 4 is 0 Å². The van der Waals surface area contributed by atoms with Gasteiger partial charge >= 0.3 is 0 Å². The van der Waals surface area contributed by atoms with Crippen LogP contribution in [0.3, 0.4) is 0 Å². The van der Waals surface area contributed by atoms with Crippen molar-refractivity contribution in [2.24, 2.45) is 23.5 Å². The third-order valence-corrected chi connectivity index (χ3v) is 5.61. The highest BCUT2D eigenvalue weighted by atomic mass is 16.5. The van der Waals surface area contributed by atoms with Crippen LogP contribution in [0, 0.1) is 17.8 Å². The quantitative estimate of drug-likeness (QED) is 0.854. The Morgan fingerprint density at radius 3 is 2.63 bits per heavy atom. The van der Waals surface area contributed by atoms with Gasteiger partial charge in [0.2, 0.25) is 0 Å². The predicted molar refractivity (Wildman–Crippen MR) is 80.1 cm³/mol. The Bertz CT molecular complexity index is 294. The summed E-state index contributed by atoms with van der Waals surface area (Å²) in [5.41, 5.74) is 6.41. The van der Waals surface area contributed by atoms with E-state index in [-0.39, 0.29) is 5.54 Å². The second kappa shape index (κ2) is 6.11. The molecule has 3 nitrogen and oxygen atoms in total. The molecule has 3 heteroatoms. The van der Waals surface area contributed by atoms with Crippen molar-refractivity contribution < 1.29 is 4.74 Å². The van der Waals surface area contributed by atoms with Gasteiger partial charge in [-0.25, -0.2) is 0 Å². The molecule has 2 N–H and O–H groups in total. The van der Waals surface area contributed by atoms with Crippen molar-refractivity contribution in [2.45, 2.75) is 58.6 Å². The fraction of sp³-hybridized carbons (Fsp3) is 1.00. The molecule has 19 heavy (non-hydrogen) atoms. The van der Waals surface area contributed by atoms with Crippen molar-refractivity contribution in [3.05, 3.63) is 0 Å². The summed E-state index contributed by atoms with van der Waals surface area (Å²) in [5, 5.41) is 0. The zero-order valence-corrected chi connectivity index (χ0v) is 13.2. The lowest BCUT2D eigenvalue weighted by Gasteiger charge is -2.52. The van der Waals surface area contributed by atoms with Crippen LogP contribution in [-0.2, 0) is 4.74 Å². The van der Waals surface area contributed by atoms with Crippen LogP contribution in [0.25, 0.3) is 0 Å². The van der Waals surface area contributed by atoms with E-state index < -0.39 is 0 Å². The van der Waals surface area contributed by atoms with Crippen LogP contribution in [0.1, 0.15) is 47.0 Å². The maximum atomic E-state index is 6.21. The fourth-order valence-corrected chi connectivity index (χ4v) is 3.66. The number of likely N-dealkylation sites (tertiary alicyclic amines) is 1. The summed E-state index contributed by atoms with van der Waals surface area (Å²) in [5.74, 6) is 2.23. The highest BCUT2D eigenvalue weighted by molar-refractivity contribution is 4.99. The maximum absolute atomic E-state index is 6.21. The van der Waals surface area contributed by atoms with Crippen LogP contribution in [0.4, 0.5) is 0 Å². The van der Waals surface area contributed by atoms with Crippen LogP contribution >= 0.6 is 0 Å². The molecule has 2 aliphatic rings. The van der Waals surface area contributed by atoms with Gasteiger partial charge in [-0.2, -0.15) is 0 Å². The molecule has 2 fully saturated rings. The first-order chi connectivity index (χ1) is 8.98. The molecule has 2 aliphatic heterocycles. The standard InChI is InChI=1S/C16H32N2O/c1-12(2)15-9-16(11-17,6-8-19-15)18-7-5-13(3)14(4)10-18/h12-15H,5-11,17H2,1-4H3. The third kappa shape index (κ3) is 3.14. The zero-order valence-electron chi connectivity index (χ0n) is 13.2. The lowest BCUT2D eigenvalue weighted by atomic mass is 9.78. The summed E-state index contributed by atoms with van der Waals surface area (Å²) in [6.45, 7) is 13.4. The van der Waals surface area contributed by atoms with E-state index in [1.807, 2.05) is 0 Å². The Labute approximate surface area is 118 Å². The van der Waals surface area contributed by atoms with E-state index in [1.54, 1.807) is 0 Å². The largest absolute Gasteiger partial charge is 0.378 e. The van der Waals surface area contributed by atoms with Gasteiger partial charge < -0.3 is 10.5 Å². The molecule has 0 aliphatic carbocycles. The van der Waals surface area contributed by atoms with Crippen molar-refractivity contribution in [1.29, 1.82) is 0 Å². The smallest absolute Gasteiger partial charge is 0.0616 e. The molecule has 2 heterocycles. The van der Waals surface area contributed by atoms with Gasteiger partial charge in [0, 0.05) is 25.2 Å². The van der Waals surface area contributed by atoms with E-state index in [2.05, 4.69) is 32.6 Å². The average Bonchev–Trinajstić information content (AvgIpc) is 2.41. The average molecular weight is 268 g/mol. The summed E-state index contributed by atoms with van der Waals surface area (Å²) >= 11 is 0. The van der Waals surface area contributed by atoms with Gasteiger partial charge in [-0.15, -0.1) is 0 Å². The molecule has 112 valence electrons. The summed E-state index contributed by atoms with van der Waals surface area (Å²) in [6, 6.07) is 0. The first-order valence-corrected chi connectivity index (χ1v) is 8.05. The lowest BCUT2D eigenvalue weighted by Crippen LogP contribution is -2.61. The van der Waals surface area contributed by atoms with E-state index in [1.165, 1.54) is 19.5 Å². The van der Waals surface area contributed by atoms with Crippen LogP contribution in [-0.4, -0.2) is 42.8 Å². The van der Waals surface area contributed by atoms with Gasteiger partial charge in [-0.3, -0.25) is 4.90 Å². The molecule has 2 rings (SSSR count). The molecule has 4 unspecified atom stereocenters. The number of hydrogen-bond acceptors (Lipinski definition) is 3. The van der Waals surface area contributed by atoms with Crippen molar-refractivity contribution in [2.75, 3.05) is 26.2 Å². The molecule has 0 aromatic carbocycles. The van der Waals surface area contributed by atoms with Gasteiger partial charge in [0.05, 0.1) is 6.10 Å². The molecule has 0 amide bonds. The van der Waals surface area contributed by atoms with Crippen LogP contribution < -0.4 is 5.73 Å². The van der Waals surface area contributed by atoms with Gasteiger partial charge in [0.15, 0.2) is 0 Å². The second-order valence-corrected chi connectivity index (χ2v) is 7.23. The van der Waals surface area contributed by atoms with Gasteiger partial charge in [-0.1, -0.05) is 27.7 Å². The fourth-order valence-electron chi connectivity index (χ4n) is 3.66. The van der Waals surface area contributed by atoms with Crippen molar-refractivity contribution in [3.63, 3.8) is 0 Å². The van der Waals surface area contributed by atoms with Gasteiger partial charge in [0.25, 0.3) is 0 Å². The lowest BCUT2D eigenvalue weighted by molar-refractivity contribution is -0.0988. The van der Waals surface area contributed by atoms with E-state index in [9.17, 15) is 0 Å². The monoisotopic (exact) mass is 268 g/mol. The van der Waals surface area contributed by atoms with E-state index in [4.69, 9.17) is 10.5 Å². The normalized spacial score (nSPS) is 41.7. The second-order valence-electron chi connectivity index (χ2n) is 7.23. The van der Waals surface area contributed by atoms with Crippen LogP contribution in [0.5, 0.6) is 0 Å². The number of rotatable bonds is 3. The van der Waals surface area contributed by atoms with E-state index in [0.29, 0.717) is 12.0 Å². The molecule has 0 aromatic rings. The summed E-state index contributed by atoms with van der Waals surface area (Å²) in [7, 11) is 0. The first-order valence-electron chi connectivity index (χ1n) is 8.05. The van der Waals surface area contributed by atoms with Crippen molar-refractivity contribution in [3.8, 4) is 0 Å². The van der Waals surface area contributed by atoms with Gasteiger partial charge in [0.1, 0.15) is 0 Å². The molecule has 0 saturated carbocycles. The Hall–Kier alpha value is -0.120. The minimum atomic E-state index is 0.196. The zero-order chi connectivity index (χ0) is 14.0. The highest BCUT2D eigenvalue weighted by Crippen LogP contribution is 2.36. The Morgan fingerprint density at radius 1 is 1.32 bits per heavy atom.